The van der Waals surface area contributed by atoms with E-state index < -0.39 is 0 Å². The maximum atomic E-state index is 9.17. The predicted octanol–water partition coefficient (Wildman–Crippen LogP) is 2.51. The number of hydrogen-bond donors (Lipinski definition) is 1. The summed E-state index contributed by atoms with van der Waals surface area (Å²) < 4.78 is 0. The molecule has 0 heterocycles. The van der Waals surface area contributed by atoms with Crippen LogP contribution in [-0.2, 0) is 0 Å². The molecule has 0 rings (SSSR count). The largest absolute Gasteiger partial charge is 0.393 e. The minimum absolute atomic E-state index is 0.150. The van der Waals surface area contributed by atoms with Gasteiger partial charge in [-0.1, -0.05) is 13.8 Å². The van der Waals surface area contributed by atoms with Crippen LogP contribution in [0.2, 0.25) is 0 Å². The quantitative estimate of drug-likeness (QED) is 0.684. The average molecular weight is 201 g/mol. The minimum Gasteiger partial charge on any atom is -0.393 e. The second-order valence-electron chi connectivity index (χ2n) is 4.97. The smallest absolute Gasteiger partial charge is 0.0512 e. The van der Waals surface area contributed by atoms with E-state index in [0.717, 1.165) is 31.8 Å². The zero-order valence-corrected chi connectivity index (χ0v) is 10.5. The lowest BCUT2D eigenvalue weighted by Gasteiger charge is -2.28. The van der Waals surface area contributed by atoms with Gasteiger partial charge in [-0.25, -0.2) is 0 Å². The topological polar surface area (TPSA) is 23.5 Å². The number of rotatable bonds is 7. The standard InChI is InChI=1S/C12H27NO/c1-10(2)9-13(11(3)4)8-6-7-12(5)14/h10-12,14H,6-9H2,1-5H3. The molecule has 0 aromatic heterocycles. The van der Waals surface area contributed by atoms with Crippen LogP contribution in [0.1, 0.15) is 47.5 Å². The second-order valence-corrected chi connectivity index (χ2v) is 4.97. The van der Waals surface area contributed by atoms with Crippen molar-refractivity contribution in [3.05, 3.63) is 0 Å². The molecule has 2 heteroatoms. The van der Waals surface area contributed by atoms with E-state index in [2.05, 4.69) is 32.6 Å². The summed E-state index contributed by atoms with van der Waals surface area (Å²) in [6, 6.07) is 0.617. The Labute approximate surface area is 89.3 Å². The van der Waals surface area contributed by atoms with Gasteiger partial charge in [0.25, 0.3) is 0 Å². The average Bonchev–Trinajstić information content (AvgIpc) is 2.00. The van der Waals surface area contributed by atoms with E-state index in [1.54, 1.807) is 0 Å². The van der Waals surface area contributed by atoms with Crippen LogP contribution in [-0.4, -0.2) is 35.2 Å². The van der Waals surface area contributed by atoms with Crippen molar-refractivity contribution in [2.75, 3.05) is 13.1 Å². The van der Waals surface area contributed by atoms with E-state index in [9.17, 15) is 0 Å². The molecule has 86 valence electrons. The van der Waals surface area contributed by atoms with Gasteiger partial charge >= 0.3 is 0 Å². The number of hydrogen-bond acceptors (Lipinski definition) is 2. The lowest BCUT2D eigenvalue weighted by atomic mass is 10.1. The molecule has 0 aromatic rings. The maximum absolute atomic E-state index is 9.17. The number of aliphatic hydroxyl groups excluding tert-OH is 1. The fourth-order valence-electron chi connectivity index (χ4n) is 1.62. The van der Waals surface area contributed by atoms with Crippen LogP contribution in [0.25, 0.3) is 0 Å². The third-order valence-electron chi connectivity index (χ3n) is 2.40. The van der Waals surface area contributed by atoms with E-state index in [4.69, 9.17) is 5.11 Å². The van der Waals surface area contributed by atoms with E-state index in [1.807, 2.05) is 6.92 Å². The van der Waals surface area contributed by atoms with Gasteiger partial charge in [0.2, 0.25) is 0 Å². The first-order chi connectivity index (χ1) is 6.43. The zero-order chi connectivity index (χ0) is 11.1. The third kappa shape index (κ3) is 7.34. The molecule has 0 aliphatic rings. The molecule has 0 aliphatic carbocycles. The zero-order valence-electron chi connectivity index (χ0n) is 10.5. The Morgan fingerprint density at radius 2 is 1.64 bits per heavy atom. The van der Waals surface area contributed by atoms with Crippen molar-refractivity contribution in [3.8, 4) is 0 Å². The Kier molecular flexibility index (Phi) is 7.20. The summed E-state index contributed by atoms with van der Waals surface area (Å²) in [7, 11) is 0. The normalized spacial score (nSPS) is 14.4. The van der Waals surface area contributed by atoms with Gasteiger partial charge in [-0.05, 0) is 46.1 Å². The molecule has 0 aromatic carbocycles. The van der Waals surface area contributed by atoms with Crippen LogP contribution in [0.4, 0.5) is 0 Å². The van der Waals surface area contributed by atoms with Crippen LogP contribution >= 0.6 is 0 Å². The first-order valence-corrected chi connectivity index (χ1v) is 5.85. The van der Waals surface area contributed by atoms with Gasteiger partial charge in [-0.2, -0.15) is 0 Å². The Balaban J connectivity index is 3.74. The summed E-state index contributed by atoms with van der Waals surface area (Å²) in [4.78, 5) is 2.49. The maximum Gasteiger partial charge on any atom is 0.0512 e. The van der Waals surface area contributed by atoms with Gasteiger partial charge < -0.3 is 10.0 Å². The van der Waals surface area contributed by atoms with Gasteiger partial charge in [-0.15, -0.1) is 0 Å². The van der Waals surface area contributed by atoms with Crippen molar-refractivity contribution in [2.45, 2.75) is 59.6 Å². The Hall–Kier alpha value is -0.0800. The Morgan fingerprint density at radius 3 is 2.00 bits per heavy atom. The molecule has 1 atom stereocenters. The summed E-state index contributed by atoms with van der Waals surface area (Å²) in [5, 5.41) is 9.17. The fourth-order valence-corrected chi connectivity index (χ4v) is 1.62. The van der Waals surface area contributed by atoms with Crippen LogP contribution in [0.15, 0.2) is 0 Å². The van der Waals surface area contributed by atoms with Gasteiger partial charge in [0.15, 0.2) is 0 Å². The lowest BCUT2D eigenvalue weighted by Crippen LogP contribution is -2.35. The van der Waals surface area contributed by atoms with Gasteiger partial charge in [0.1, 0.15) is 0 Å². The summed E-state index contributed by atoms with van der Waals surface area (Å²) in [6.45, 7) is 13.1. The monoisotopic (exact) mass is 201 g/mol. The van der Waals surface area contributed by atoms with Crippen molar-refractivity contribution < 1.29 is 5.11 Å². The molecular formula is C12H27NO. The second kappa shape index (κ2) is 7.24. The van der Waals surface area contributed by atoms with Crippen molar-refractivity contribution in [2.24, 2.45) is 5.92 Å². The van der Waals surface area contributed by atoms with Gasteiger partial charge in [-0.3, -0.25) is 0 Å². The number of nitrogens with zero attached hydrogens (tertiary/aromatic N) is 1. The van der Waals surface area contributed by atoms with Gasteiger partial charge in [0, 0.05) is 12.6 Å². The van der Waals surface area contributed by atoms with Crippen LogP contribution in [0, 0.1) is 5.92 Å². The highest BCUT2D eigenvalue weighted by Gasteiger charge is 2.10. The first-order valence-electron chi connectivity index (χ1n) is 5.85. The van der Waals surface area contributed by atoms with E-state index in [-0.39, 0.29) is 6.10 Å². The minimum atomic E-state index is -0.150. The molecule has 0 fully saturated rings. The van der Waals surface area contributed by atoms with Gasteiger partial charge in [0.05, 0.1) is 6.10 Å². The van der Waals surface area contributed by atoms with Crippen LogP contribution < -0.4 is 0 Å². The molecule has 0 saturated carbocycles. The molecule has 1 N–H and O–H groups in total. The lowest BCUT2D eigenvalue weighted by molar-refractivity contribution is 0.155. The first kappa shape index (κ1) is 13.9. The van der Waals surface area contributed by atoms with Crippen molar-refractivity contribution in [1.82, 2.24) is 4.90 Å². The fraction of sp³-hybridized carbons (Fsp3) is 1.00. The Morgan fingerprint density at radius 1 is 1.07 bits per heavy atom. The van der Waals surface area contributed by atoms with Crippen molar-refractivity contribution >= 4 is 0 Å². The summed E-state index contributed by atoms with van der Waals surface area (Å²) in [5.74, 6) is 0.726. The highest BCUT2D eigenvalue weighted by molar-refractivity contribution is 4.65. The SMILES string of the molecule is CC(C)CN(CCCC(C)O)C(C)C. The molecule has 0 bridgehead atoms. The molecule has 0 saturated heterocycles. The highest BCUT2D eigenvalue weighted by Crippen LogP contribution is 2.07. The highest BCUT2D eigenvalue weighted by atomic mass is 16.3. The summed E-state index contributed by atoms with van der Waals surface area (Å²) in [6.07, 6.45) is 1.87. The number of aliphatic hydroxyl groups is 1. The molecule has 14 heavy (non-hydrogen) atoms. The van der Waals surface area contributed by atoms with Crippen LogP contribution in [0.3, 0.4) is 0 Å². The summed E-state index contributed by atoms with van der Waals surface area (Å²) in [5.41, 5.74) is 0. The molecule has 0 spiro atoms. The molecule has 1 unspecified atom stereocenters. The van der Waals surface area contributed by atoms with E-state index >= 15 is 0 Å². The van der Waals surface area contributed by atoms with Crippen LogP contribution in [0.5, 0.6) is 0 Å². The Bertz CT molecular complexity index is 132. The molecular weight excluding hydrogens is 174 g/mol. The van der Waals surface area contributed by atoms with E-state index in [1.165, 1.54) is 0 Å². The van der Waals surface area contributed by atoms with Crippen molar-refractivity contribution in [1.29, 1.82) is 0 Å². The third-order valence-corrected chi connectivity index (χ3v) is 2.40. The molecule has 2 nitrogen and oxygen atoms in total. The summed E-state index contributed by atoms with van der Waals surface area (Å²) >= 11 is 0. The van der Waals surface area contributed by atoms with Crippen molar-refractivity contribution in [3.63, 3.8) is 0 Å². The molecule has 0 aliphatic heterocycles. The molecule has 0 radical (unpaired) electrons. The van der Waals surface area contributed by atoms with E-state index in [0.29, 0.717) is 6.04 Å². The predicted molar refractivity (Wildman–Crippen MR) is 62.5 cm³/mol. The molecule has 0 amide bonds.